The quantitative estimate of drug-likeness (QED) is 0.547. The number of nitrogen functional groups attached to an aromatic ring is 1. The van der Waals surface area contributed by atoms with Gasteiger partial charge >= 0.3 is 0 Å². The Hall–Kier alpha value is -1.06. The number of nitrogens with zero attached hydrogens (tertiary/aromatic N) is 1. The van der Waals surface area contributed by atoms with E-state index in [2.05, 4.69) is 37.4 Å². The third-order valence-corrected chi connectivity index (χ3v) is 2.34. The lowest BCUT2D eigenvalue weighted by atomic mass is 10.1. The second-order valence-electron chi connectivity index (χ2n) is 3.37. The van der Waals surface area contributed by atoms with E-state index in [1.807, 2.05) is 18.2 Å². The van der Waals surface area contributed by atoms with E-state index >= 15 is 0 Å². The predicted octanol–water partition coefficient (Wildman–Crippen LogP) is 1.59. The van der Waals surface area contributed by atoms with Gasteiger partial charge in [-0.2, -0.15) is 0 Å². The molecular formula is C10H17N3. The molecule has 0 aliphatic heterocycles. The minimum Gasteiger partial charge on any atom is -0.324 e. The largest absolute Gasteiger partial charge is 0.324 e. The topological polar surface area (TPSA) is 41.3 Å². The number of hydrazine groups is 1. The Morgan fingerprint density at radius 3 is 2.46 bits per heavy atom. The van der Waals surface area contributed by atoms with Gasteiger partial charge in [-0.3, -0.25) is 5.84 Å². The maximum Gasteiger partial charge on any atom is 0.0532 e. The highest BCUT2D eigenvalue weighted by atomic mass is 15.2. The van der Waals surface area contributed by atoms with Crippen molar-refractivity contribution in [2.75, 3.05) is 19.5 Å². The summed E-state index contributed by atoms with van der Waals surface area (Å²) < 4.78 is 0. The van der Waals surface area contributed by atoms with Crippen molar-refractivity contribution in [2.24, 2.45) is 5.84 Å². The lowest BCUT2D eigenvalue weighted by Gasteiger charge is -2.22. The first-order chi connectivity index (χ1) is 6.16. The molecule has 0 aliphatic rings. The van der Waals surface area contributed by atoms with Crippen LogP contribution in [0.3, 0.4) is 0 Å². The smallest absolute Gasteiger partial charge is 0.0532 e. The van der Waals surface area contributed by atoms with Crippen molar-refractivity contribution in [3.05, 3.63) is 29.8 Å². The van der Waals surface area contributed by atoms with E-state index in [9.17, 15) is 0 Å². The van der Waals surface area contributed by atoms with Crippen LogP contribution in [0.5, 0.6) is 0 Å². The molecule has 0 bridgehead atoms. The van der Waals surface area contributed by atoms with E-state index in [1.54, 1.807) is 0 Å². The first kappa shape index (κ1) is 10.0. The molecule has 1 aromatic rings. The molecule has 3 nitrogen and oxygen atoms in total. The maximum absolute atomic E-state index is 5.42. The number of nitrogens with one attached hydrogen (secondary N) is 1. The Kier molecular flexibility index (Phi) is 3.28. The lowest BCUT2D eigenvalue weighted by Crippen LogP contribution is -2.19. The Morgan fingerprint density at radius 2 is 1.92 bits per heavy atom. The molecule has 0 aliphatic carbocycles. The number of nitrogens with two attached hydrogens (primary N) is 1. The van der Waals surface area contributed by atoms with Crippen molar-refractivity contribution in [1.82, 2.24) is 4.90 Å². The summed E-state index contributed by atoms with van der Waals surface area (Å²) in [6, 6.07) is 8.43. The number of anilines is 1. The summed E-state index contributed by atoms with van der Waals surface area (Å²) in [6.07, 6.45) is 0. The van der Waals surface area contributed by atoms with E-state index in [0.717, 1.165) is 5.69 Å². The summed E-state index contributed by atoms with van der Waals surface area (Å²) in [7, 11) is 4.11. The second-order valence-corrected chi connectivity index (χ2v) is 3.37. The van der Waals surface area contributed by atoms with Gasteiger partial charge in [0.05, 0.1) is 5.69 Å². The molecule has 0 aromatic heterocycles. The fraction of sp³-hybridized carbons (Fsp3) is 0.400. The van der Waals surface area contributed by atoms with Gasteiger partial charge in [0.15, 0.2) is 0 Å². The molecule has 0 amide bonds. The van der Waals surface area contributed by atoms with Crippen LogP contribution in [0, 0.1) is 0 Å². The molecule has 72 valence electrons. The van der Waals surface area contributed by atoms with Crippen LogP contribution in [0.25, 0.3) is 0 Å². The van der Waals surface area contributed by atoms with Gasteiger partial charge in [-0.25, -0.2) is 0 Å². The molecule has 0 saturated heterocycles. The number of hydrogen-bond donors (Lipinski definition) is 2. The van der Waals surface area contributed by atoms with E-state index in [0.29, 0.717) is 6.04 Å². The van der Waals surface area contributed by atoms with E-state index < -0.39 is 0 Å². The molecular weight excluding hydrogens is 162 g/mol. The Labute approximate surface area is 79.5 Å². The van der Waals surface area contributed by atoms with Gasteiger partial charge in [0.1, 0.15) is 0 Å². The van der Waals surface area contributed by atoms with Crippen LogP contribution in [0.4, 0.5) is 5.69 Å². The highest BCUT2D eigenvalue weighted by molar-refractivity contribution is 5.51. The summed E-state index contributed by atoms with van der Waals surface area (Å²) in [5.74, 6) is 5.42. The second kappa shape index (κ2) is 4.25. The molecule has 0 saturated carbocycles. The summed E-state index contributed by atoms with van der Waals surface area (Å²) in [6.45, 7) is 2.15. The SMILES string of the molecule is C[C@H](c1ccccc1NN)N(C)C. The fourth-order valence-corrected chi connectivity index (χ4v) is 1.27. The first-order valence-corrected chi connectivity index (χ1v) is 4.38. The van der Waals surface area contributed by atoms with Crippen molar-refractivity contribution in [2.45, 2.75) is 13.0 Å². The molecule has 1 rings (SSSR count). The van der Waals surface area contributed by atoms with Crippen LogP contribution in [-0.2, 0) is 0 Å². The Balaban J connectivity index is 2.98. The zero-order chi connectivity index (χ0) is 9.84. The van der Waals surface area contributed by atoms with Gasteiger partial charge in [-0.05, 0) is 32.6 Å². The molecule has 13 heavy (non-hydrogen) atoms. The van der Waals surface area contributed by atoms with Crippen LogP contribution >= 0.6 is 0 Å². The van der Waals surface area contributed by atoms with Crippen molar-refractivity contribution in [3.63, 3.8) is 0 Å². The van der Waals surface area contributed by atoms with Gasteiger partial charge in [0, 0.05) is 6.04 Å². The number of benzene rings is 1. The minimum absolute atomic E-state index is 0.368. The van der Waals surface area contributed by atoms with Crippen LogP contribution in [0.15, 0.2) is 24.3 Å². The van der Waals surface area contributed by atoms with Crippen molar-refractivity contribution in [3.8, 4) is 0 Å². The molecule has 1 aromatic carbocycles. The lowest BCUT2D eigenvalue weighted by molar-refractivity contribution is 0.322. The van der Waals surface area contributed by atoms with E-state index in [4.69, 9.17) is 5.84 Å². The third-order valence-electron chi connectivity index (χ3n) is 2.34. The number of para-hydroxylation sites is 1. The van der Waals surface area contributed by atoms with Gasteiger partial charge in [-0.1, -0.05) is 18.2 Å². The Bertz CT molecular complexity index is 271. The highest BCUT2D eigenvalue weighted by Gasteiger charge is 2.10. The average molecular weight is 179 g/mol. The maximum atomic E-state index is 5.42. The summed E-state index contributed by atoms with van der Waals surface area (Å²) in [4.78, 5) is 2.15. The normalized spacial score (nSPS) is 13.0. The zero-order valence-corrected chi connectivity index (χ0v) is 8.41. The van der Waals surface area contributed by atoms with E-state index in [1.165, 1.54) is 5.56 Å². The Morgan fingerprint density at radius 1 is 1.31 bits per heavy atom. The molecule has 0 unspecified atom stereocenters. The van der Waals surface area contributed by atoms with Crippen molar-refractivity contribution in [1.29, 1.82) is 0 Å². The number of rotatable bonds is 3. The first-order valence-electron chi connectivity index (χ1n) is 4.38. The molecule has 3 heteroatoms. The molecule has 3 N–H and O–H groups in total. The van der Waals surface area contributed by atoms with Crippen LogP contribution in [-0.4, -0.2) is 19.0 Å². The monoisotopic (exact) mass is 179 g/mol. The highest BCUT2D eigenvalue weighted by Crippen LogP contribution is 2.24. The molecule has 0 heterocycles. The van der Waals surface area contributed by atoms with Crippen molar-refractivity contribution >= 4 is 5.69 Å². The van der Waals surface area contributed by atoms with Gasteiger partial charge in [0.2, 0.25) is 0 Å². The minimum atomic E-state index is 0.368. The number of hydrogen-bond acceptors (Lipinski definition) is 3. The van der Waals surface area contributed by atoms with Crippen LogP contribution in [0.1, 0.15) is 18.5 Å². The summed E-state index contributed by atoms with van der Waals surface area (Å²) in [5, 5.41) is 0. The van der Waals surface area contributed by atoms with E-state index in [-0.39, 0.29) is 0 Å². The molecule has 0 fully saturated rings. The summed E-state index contributed by atoms with van der Waals surface area (Å²) >= 11 is 0. The van der Waals surface area contributed by atoms with Crippen LogP contribution in [0.2, 0.25) is 0 Å². The average Bonchev–Trinajstić information content (AvgIpc) is 2.16. The van der Waals surface area contributed by atoms with Gasteiger partial charge in [0.25, 0.3) is 0 Å². The summed E-state index contributed by atoms with van der Waals surface area (Å²) in [5.41, 5.74) is 4.91. The van der Waals surface area contributed by atoms with Crippen LogP contribution < -0.4 is 11.3 Å². The molecule has 1 atom stereocenters. The zero-order valence-electron chi connectivity index (χ0n) is 8.41. The van der Waals surface area contributed by atoms with Gasteiger partial charge < -0.3 is 10.3 Å². The molecule has 0 radical (unpaired) electrons. The third kappa shape index (κ3) is 2.20. The van der Waals surface area contributed by atoms with Crippen molar-refractivity contribution < 1.29 is 0 Å². The van der Waals surface area contributed by atoms with Gasteiger partial charge in [-0.15, -0.1) is 0 Å². The molecule has 0 spiro atoms. The predicted molar refractivity (Wildman–Crippen MR) is 56.4 cm³/mol. The standard InChI is InChI=1S/C10H17N3/c1-8(13(2)3)9-6-4-5-7-10(9)12-11/h4-8,12H,11H2,1-3H3/t8-/m1/s1. The fourth-order valence-electron chi connectivity index (χ4n) is 1.27.